The number of nitrogens with zero attached hydrogens (tertiary/aromatic N) is 2. The highest BCUT2D eigenvalue weighted by atomic mass is 32.2. The molecule has 2 aromatic rings. The van der Waals surface area contributed by atoms with Crippen molar-refractivity contribution in [3.05, 3.63) is 36.4 Å². The number of nitrogens with one attached hydrogen (secondary N) is 1. The van der Waals surface area contributed by atoms with Crippen molar-refractivity contribution >= 4 is 26.7 Å². The summed E-state index contributed by atoms with van der Waals surface area (Å²) in [5.74, 6) is -0.977. The van der Waals surface area contributed by atoms with Gasteiger partial charge in [-0.3, -0.25) is 9.78 Å². The molecule has 1 saturated heterocycles. The molecule has 0 spiro atoms. The van der Waals surface area contributed by atoms with E-state index in [0.717, 1.165) is 6.20 Å². The fourth-order valence-corrected chi connectivity index (χ4v) is 4.70. The fourth-order valence-electron chi connectivity index (χ4n) is 2.98. The van der Waals surface area contributed by atoms with E-state index < -0.39 is 15.8 Å². The topological polar surface area (TPSA) is 88.6 Å². The molecular formula is C16H18FN3O4S. The molecule has 2 heterocycles. The molecule has 0 bridgehead atoms. The minimum Gasteiger partial charge on any atom is -0.375 e. The van der Waals surface area contributed by atoms with Crippen LogP contribution < -0.4 is 5.32 Å². The lowest BCUT2D eigenvalue weighted by Gasteiger charge is -2.18. The van der Waals surface area contributed by atoms with Crippen LogP contribution in [-0.2, 0) is 19.6 Å². The second-order valence-corrected chi connectivity index (χ2v) is 7.73. The van der Waals surface area contributed by atoms with Gasteiger partial charge in [-0.2, -0.15) is 4.31 Å². The van der Waals surface area contributed by atoms with E-state index in [-0.39, 0.29) is 41.9 Å². The maximum atomic E-state index is 14.2. The third-order valence-corrected chi connectivity index (χ3v) is 6.02. The summed E-state index contributed by atoms with van der Waals surface area (Å²) in [7, 11) is -2.47. The number of methoxy groups -OCH3 is 1. The molecule has 1 amide bonds. The van der Waals surface area contributed by atoms with Crippen molar-refractivity contribution in [1.82, 2.24) is 14.6 Å². The smallest absolute Gasteiger partial charge is 0.246 e. The van der Waals surface area contributed by atoms with E-state index in [1.807, 2.05) is 0 Å². The third kappa shape index (κ3) is 3.48. The number of ether oxygens (including phenoxy) is 1. The third-order valence-electron chi connectivity index (χ3n) is 4.11. The number of benzene rings is 1. The highest BCUT2D eigenvalue weighted by Crippen LogP contribution is 2.29. The monoisotopic (exact) mass is 367 g/mol. The Labute approximate surface area is 144 Å². The molecule has 25 heavy (non-hydrogen) atoms. The zero-order valence-electron chi connectivity index (χ0n) is 13.6. The fraction of sp³-hybridized carbons (Fsp3) is 0.375. The molecule has 1 aromatic heterocycles. The van der Waals surface area contributed by atoms with Crippen LogP contribution in [0.25, 0.3) is 10.8 Å². The number of fused-ring (bicyclic) bond motifs is 1. The average Bonchev–Trinajstić information content (AvgIpc) is 3.04. The van der Waals surface area contributed by atoms with Crippen LogP contribution in [0.15, 0.2) is 35.5 Å². The molecule has 1 aliphatic heterocycles. The SMILES string of the molecule is COCC(=O)N[C@@H]1CCN(S(=O)(=O)c2cccc3cncc(F)c23)C1. The van der Waals surface area contributed by atoms with Crippen LogP contribution in [0.5, 0.6) is 0 Å². The molecule has 1 aromatic carbocycles. The summed E-state index contributed by atoms with van der Waals surface area (Å²) in [6, 6.07) is 4.27. The number of halogens is 1. The van der Waals surface area contributed by atoms with E-state index in [1.54, 1.807) is 12.1 Å². The van der Waals surface area contributed by atoms with Crippen molar-refractivity contribution in [3.63, 3.8) is 0 Å². The number of carbonyl (C=O) groups excluding carboxylic acids is 1. The molecule has 9 heteroatoms. The lowest BCUT2D eigenvalue weighted by molar-refractivity contribution is -0.125. The van der Waals surface area contributed by atoms with E-state index in [9.17, 15) is 17.6 Å². The number of aromatic nitrogens is 1. The predicted octanol–water partition coefficient (Wildman–Crippen LogP) is 0.900. The standard InChI is InChI=1S/C16H18FN3O4S/c1-24-10-15(21)19-12-5-6-20(9-12)25(22,23)14-4-2-3-11-7-18-8-13(17)16(11)14/h2-4,7-8,12H,5-6,9-10H2,1H3,(H,19,21)/t12-/m1/s1. The number of carbonyl (C=O) groups is 1. The van der Waals surface area contributed by atoms with E-state index in [0.29, 0.717) is 11.8 Å². The molecule has 7 nitrogen and oxygen atoms in total. The lowest BCUT2D eigenvalue weighted by atomic mass is 10.2. The quantitative estimate of drug-likeness (QED) is 0.848. The maximum Gasteiger partial charge on any atom is 0.246 e. The number of hydrogen-bond acceptors (Lipinski definition) is 5. The summed E-state index contributed by atoms with van der Waals surface area (Å²) in [5.41, 5.74) is 0. The molecule has 3 rings (SSSR count). The molecule has 0 unspecified atom stereocenters. The average molecular weight is 367 g/mol. The van der Waals surface area contributed by atoms with Crippen LogP contribution in [0, 0.1) is 5.82 Å². The number of amides is 1. The second-order valence-electron chi connectivity index (χ2n) is 5.82. The number of hydrogen-bond donors (Lipinski definition) is 1. The van der Waals surface area contributed by atoms with E-state index in [1.165, 1.54) is 23.7 Å². The van der Waals surface area contributed by atoms with Crippen LogP contribution in [-0.4, -0.2) is 56.5 Å². The van der Waals surface area contributed by atoms with Gasteiger partial charge >= 0.3 is 0 Å². The Morgan fingerprint density at radius 3 is 3.00 bits per heavy atom. The van der Waals surface area contributed by atoms with Crippen LogP contribution >= 0.6 is 0 Å². The van der Waals surface area contributed by atoms with Crippen molar-refractivity contribution in [1.29, 1.82) is 0 Å². The molecule has 0 aliphatic carbocycles. The molecule has 134 valence electrons. The summed E-state index contributed by atoms with van der Waals surface area (Å²) in [6.45, 7) is 0.314. The number of rotatable bonds is 5. The van der Waals surface area contributed by atoms with E-state index >= 15 is 0 Å². The number of sulfonamides is 1. The lowest BCUT2D eigenvalue weighted by Crippen LogP contribution is -2.40. The van der Waals surface area contributed by atoms with Crippen LogP contribution in [0.3, 0.4) is 0 Å². The van der Waals surface area contributed by atoms with Crippen molar-refractivity contribution in [2.24, 2.45) is 0 Å². The van der Waals surface area contributed by atoms with Gasteiger partial charge in [0, 0.05) is 43.2 Å². The first-order valence-corrected chi connectivity index (χ1v) is 9.18. The first kappa shape index (κ1) is 17.7. The van der Waals surface area contributed by atoms with Gasteiger partial charge in [-0.1, -0.05) is 12.1 Å². The summed E-state index contributed by atoms with van der Waals surface area (Å²) >= 11 is 0. The first-order chi connectivity index (χ1) is 11.9. The summed E-state index contributed by atoms with van der Waals surface area (Å²) in [5, 5.41) is 3.18. The molecule has 0 saturated carbocycles. The van der Waals surface area contributed by atoms with Gasteiger partial charge in [-0.25, -0.2) is 12.8 Å². The predicted molar refractivity (Wildman–Crippen MR) is 88.9 cm³/mol. The van der Waals surface area contributed by atoms with E-state index in [2.05, 4.69) is 10.3 Å². The van der Waals surface area contributed by atoms with Crippen molar-refractivity contribution in [2.45, 2.75) is 17.4 Å². The first-order valence-electron chi connectivity index (χ1n) is 7.74. The molecule has 1 aliphatic rings. The van der Waals surface area contributed by atoms with Crippen molar-refractivity contribution in [3.8, 4) is 0 Å². The minimum atomic E-state index is -3.89. The van der Waals surface area contributed by atoms with Crippen LogP contribution in [0.1, 0.15) is 6.42 Å². The Morgan fingerprint density at radius 2 is 2.24 bits per heavy atom. The van der Waals surface area contributed by atoms with E-state index in [4.69, 9.17) is 4.74 Å². The largest absolute Gasteiger partial charge is 0.375 e. The second kappa shape index (κ2) is 7.03. The van der Waals surface area contributed by atoms with Gasteiger partial charge < -0.3 is 10.1 Å². The van der Waals surface area contributed by atoms with Crippen LogP contribution in [0.2, 0.25) is 0 Å². The van der Waals surface area contributed by atoms with Gasteiger partial charge in [-0.05, 0) is 12.5 Å². The Kier molecular flexibility index (Phi) is 4.98. The molecule has 1 fully saturated rings. The summed E-state index contributed by atoms with van der Waals surface area (Å²) in [4.78, 5) is 15.2. The molecular weight excluding hydrogens is 349 g/mol. The Bertz CT molecular complexity index is 898. The Balaban J connectivity index is 1.87. The van der Waals surface area contributed by atoms with Gasteiger partial charge in [0.05, 0.1) is 11.1 Å². The zero-order chi connectivity index (χ0) is 18.0. The zero-order valence-corrected chi connectivity index (χ0v) is 14.4. The highest BCUT2D eigenvalue weighted by molar-refractivity contribution is 7.89. The highest BCUT2D eigenvalue weighted by Gasteiger charge is 2.34. The van der Waals surface area contributed by atoms with Gasteiger partial charge in [0.2, 0.25) is 15.9 Å². The maximum absolute atomic E-state index is 14.2. The molecule has 0 radical (unpaired) electrons. The minimum absolute atomic E-state index is 0.0318. The molecule has 1 atom stereocenters. The van der Waals surface area contributed by atoms with Crippen LogP contribution in [0.4, 0.5) is 4.39 Å². The van der Waals surface area contributed by atoms with Gasteiger partial charge in [-0.15, -0.1) is 0 Å². The Hall–Kier alpha value is -2.10. The normalized spacial score (nSPS) is 18.6. The van der Waals surface area contributed by atoms with Crippen molar-refractivity contribution < 1.29 is 22.3 Å². The summed E-state index contributed by atoms with van der Waals surface area (Å²) < 4.78 is 46.1. The summed E-state index contributed by atoms with van der Waals surface area (Å²) in [6.07, 6.45) is 2.91. The molecule has 1 N–H and O–H groups in total. The number of pyridine rings is 1. The Morgan fingerprint density at radius 1 is 1.44 bits per heavy atom. The van der Waals surface area contributed by atoms with Gasteiger partial charge in [0.25, 0.3) is 0 Å². The van der Waals surface area contributed by atoms with Gasteiger partial charge in [0.15, 0.2) is 5.82 Å². The van der Waals surface area contributed by atoms with Gasteiger partial charge in [0.1, 0.15) is 6.61 Å². The van der Waals surface area contributed by atoms with Crippen molar-refractivity contribution in [2.75, 3.05) is 26.8 Å².